The van der Waals surface area contributed by atoms with Crippen LogP contribution in [0.25, 0.3) is 0 Å². The average Bonchev–Trinajstić information content (AvgIpc) is 2.61. The molecule has 3 aromatic rings. The number of amides is 1. The lowest BCUT2D eigenvalue weighted by atomic mass is 10.2. The van der Waals surface area contributed by atoms with Gasteiger partial charge in [-0.05, 0) is 30.3 Å². The molecule has 1 heterocycles. The number of aromatic nitrogens is 1. The van der Waals surface area contributed by atoms with E-state index >= 15 is 0 Å². The van der Waals surface area contributed by atoms with Crippen LogP contribution in [-0.4, -0.2) is 10.9 Å². The molecule has 0 aliphatic carbocycles. The molecule has 0 fully saturated rings. The maximum Gasteiger partial charge on any atom is 0.416 e. The predicted octanol–water partition coefficient (Wildman–Crippen LogP) is 5.28. The number of alkyl halides is 3. The molecule has 0 spiro atoms. The first kappa shape index (κ1) is 18.4. The highest BCUT2D eigenvalue weighted by atomic mass is 19.4. The molecule has 1 amide bonds. The van der Waals surface area contributed by atoms with Crippen LogP contribution in [-0.2, 0) is 6.18 Å². The van der Waals surface area contributed by atoms with Gasteiger partial charge in [0.05, 0.1) is 5.56 Å². The highest BCUT2D eigenvalue weighted by molar-refractivity contribution is 6.02. The fourth-order valence-corrected chi connectivity index (χ4v) is 2.22. The Morgan fingerprint density at radius 3 is 2.41 bits per heavy atom. The number of benzene rings is 2. The number of rotatable bonds is 4. The third-order valence-electron chi connectivity index (χ3n) is 3.41. The number of carbonyl (C=O) groups is 1. The van der Waals surface area contributed by atoms with Crippen LogP contribution in [0, 0.1) is 5.82 Å². The van der Waals surface area contributed by atoms with Crippen LogP contribution in [0.3, 0.4) is 0 Å². The summed E-state index contributed by atoms with van der Waals surface area (Å²) in [5.74, 6) is -2.02. The van der Waals surface area contributed by atoms with Crippen molar-refractivity contribution in [1.82, 2.24) is 4.98 Å². The van der Waals surface area contributed by atoms with E-state index in [9.17, 15) is 22.4 Å². The van der Waals surface area contributed by atoms with Gasteiger partial charge < -0.3 is 10.1 Å². The molecule has 0 saturated heterocycles. The van der Waals surface area contributed by atoms with Crippen LogP contribution in [0.4, 0.5) is 23.2 Å². The molecule has 4 nitrogen and oxygen atoms in total. The fraction of sp³-hybridized carbons (Fsp3) is 0.0526. The maximum absolute atomic E-state index is 13.8. The first-order valence-corrected chi connectivity index (χ1v) is 7.70. The predicted molar refractivity (Wildman–Crippen MR) is 90.1 cm³/mol. The van der Waals surface area contributed by atoms with Crippen LogP contribution in [0.15, 0.2) is 66.7 Å². The molecule has 27 heavy (non-hydrogen) atoms. The zero-order chi connectivity index (χ0) is 19.4. The normalized spacial score (nSPS) is 11.1. The van der Waals surface area contributed by atoms with Crippen LogP contribution in [0.2, 0.25) is 0 Å². The maximum atomic E-state index is 13.8. The zero-order valence-corrected chi connectivity index (χ0v) is 13.6. The molecule has 3 rings (SSSR count). The minimum atomic E-state index is -4.55. The molecule has 0 atom stereocenters. The highest BCUT2D eigenvalue weighted by Crippen LogP contribution is 2.32. The van der Waals surface area contributed by atoms with E-state index < -0.39 is 23.5 Å². The number of hydrogen-bond donors (Lipinski definition) is 1. The van der Waals surface area contributed by atoms with Gasteiger partial charge in [0.1, 0.15) is 17.3 Å². The molecular formula is C19H12F4N2O2. The lowest BCUT2D eigenvalue weighted by molar-refractivity contribution is -0.137. The Hall–Kier alpha value is -3.42. The largest absolute Gasteiger partial charge is 0.439 e. The lowest BCUT2D eigenvalue weighted by Crippen LogP contribution is -2.14. The number of anilines is 1. The van der Waals surface area contributed by atoms with Gasteiger partial charge >= 0.3 is 6.18 Å². The van der Waals surface area contributed by atoms with E-state index in [0.717, 1.165) is 30.3 Å². The van der Waals surface area contributed by atoms with E-state index in [2.05, 4.69) is 10.3 Å². The van der Waals surface area contributed by atoms with Gasteiger partial charge in [-0.15, -0.1) is 0 Å². The molecule has 0 aliphatic rings. The van der Waals surface area contributed by atoms with Crippen molar-refractivity contribution in [3.05, 3.63) is 83.8 Å². The van der Waals surface area contributed by atoms with Crippen molar-refractivity contribution in [2.24, 2.45) is 0 Å². The Bertz CT molecular complexity index is 959. The Morgan fingerprint density at radius 1 is 0.963 bits per heavy atom. The second-order valence-corrected chi connectivity index (χ2v) is 5.46. The average molecular weight is 376 g/mol. The Balaban J connectivity index is 1.82. The van der Waals surface area contributed by atoms with Gasteiger partial charge in [0.2, 0.25) is 5.88 Å². The summed E-state index contributed by atoms with van der Waals surface area (Å²) in [5, 5.41) is 2.53. The quantitative estimate of drug-likeness (QED) is 0.630. The van der Waals surface area contributed by atoms with Crippen molar-refractivity contribution in [3.63, 3.8) is 0 Å². The Labute approximate surface area is 151 Å². The van der Waals surface area contributed by atoms with E-state index in [4.69, 9.17) is 4.74 Å². The summed E-state index contributed by atoms with van der Waals surface area (Å²) in [4.78, 5) is 16.1. The summed E-state index contributed by atoms with van der Waals surface area (Å²) < 4.78 is 57.3. The summed E-state index contributed by atoms with van der Waals surface area (Å²) in [6.07, 6.45) is -4.55. The van der Waals surface area contributed by atoms with Gasteiger partial charge in [-0.3, -0.25) is 4.79 Å². The molecule has 0 saturated carbocycles. The van der Waals surface area contributed by atoms with E-state index in [0.29, 0.717) is 5.69 Å². The fourth-order valence-electron chi connectivity index (χ4n) is 2.22. The topological polar surface area (TPSA) is 51.2 Å². The number of halogens is 4. The van der Waals surface area contributed by atoms with Gasteiger partial charge in [0, 0.05) is 17.8 Å². The number of para-hydroxylation sites is 1. The van der Waals surface area contributed by atoms with Crippen LogP contribution in [0.5, 0.6) is 11.6 Å². The van der Waals surface area contributed by atoms with Gasteiger partial charge in [0.15, 0.2) is 0 Å². The van der Waals surface area contributed by atoms with E-state index in [1.807, 2.05) is 0 Å². The minimum Gasteiger partial charge on any atom is -0.439 e. The molecule has 0 unspecified atom stereocenters. The number of ether oxygens (including phenoxy) is 1. The summed E-state index contributed by atoms with van der Waals surface area (Å²) in [7, 11) is 0. The van der Waals surface area contributed by atoms with Crippen LogP contribution < -0.4 is 10.1 Å². The van der Waals surface area contributed by atoms with Crippen molar-refractivity contribution >= 4 is 11.6 Å². The van der Waals surface area contributed by atoms with E-state index in [-0.39, 0.29) is 17.3 Å². The standard InChI is InChI=1S/C19H12F4N2O2/c20-13-10-16(18(26)24-14-6-2-1-3-7-14)25-17(11-13)27-15-8-4-5-12(9-15)19(21,22)23/h1-11H,(H,24,26). The molecule has 1 N–H and O–H groups in total. The summed E-state index contributed by atoms with van der Waals surface area (Å²) >= 11 is 0. The van der Waals surface area contributed by atoms with Gasteiger partial charge in [0.25, 0.3) is 5.91 Å². The van der Waals surface area contributed by atoms with Crippen LogP contribution in [0.1, 0.15) is 16.1 Å². The smallest absolute Gasteiger partial charge is 0.416 e. The zero-order valence-electron chi connectivity index (χ0n) is 13.6. The van der Waals surface area contributed by atoms with Crippen molar-refractivity contribution in [1.29, 1.82) is 0 Å². The number of hydrogen-bond acceptors (Lipinski definition) is 3. The van der Waals surface area contributed by atoms with Crippen LogP contribution >= 0.6 is 0 Å². The van der Waals surface area contributed by atoms with Crippen molar-refractivity contribution < 1.29 is 27.1 Å². The van der Waals surface area contributed by atoms with Crippen molar-refractivity contribution in [2.75, 3.05) is 5.32 Å². The third kappa shape index (κ3) is 4.81. The monoisotopic (exact) mass is 376 g/mol. The third-order valence-corrected chi connectivity index (χ3v) is 3.41. The van der Waals surface area contributed by atoms with E-state index in [1.54, 1.807) is 30.3 Å². The molecule has 2 aromatic carbocycles. The second kappa shape index (κ2) is 7.45. The lowest BCUT2D eigenvalue weighted by Gasteiger charge is -2.10. The summed E-state index contributed by atoms with van der Waals surface area (Å²) in [6, 6.07) is 14.3. The molecule has 0 bridgehead atoms. The van der Waals surface area contributed by atoms with Crippen molar-refractivity contribution in [3.8, 4) is 11.6 Å². The molecule has 0 radical (unpaired) electrons. The summed E-state index contributed by atoms with van der Waals surface area (Å²) in [5.41, 5.74) is -0.715. The minimum absolute atomic E-state index is 0.183. The number of nitrogens with one attached hydrogen (secondary N) is 1. The number of carbonyl (C=O) groups excluding carboxylic acids is 1. The first-order valence-electron chi connectivity index (χ1n) is 7.70. The molecular weight excluding hydrogens is 364 g/mol. The van der Waals surface area contributed by atoms with Gasteiger partial charge in [-0.1, -0.05) is 24.3 Å². The SMILES string of the molecule is O=C(Nc1ccccc1)c1cc(F)cc(Oc2cccc(C(F)(F)F)c2)n1. The number of nitrogens with zero attached hydrogens (tertiary/aromatic N) is 1. The second-order valence-electron chi connectivity index (χ2n) is 5.46. The highest BCUT2D eigenvalue weighted by Gasteiger charge is 2.30. The Kier molecular flexibility index (Phi) is 5.07. The molecule has 1 aromatic heterocycles. The molecule has 0 aliphatic heterocycles. The molecule has 8 heteroatoms. The molecule has 138 valence electrons. The van der Waals surface area contributed by atoms with Gasteiger partial charge in [-0.25, -0.2) is 9.37 Å². The Morgan fingerprint density at radius 2 is 1.70 bits per heavy atom. The first-order chi connectivity index (χ1) is 12.8. The van der Waals surface area contributed by atoms with E-state index in [1.165, 1.54) is 6.07 Å². The van der Waals surface area contributed by atoms with Crippen molar-refractivity contribution in [2.45, 2.75) is 6.18 Å². The van der Waals surface area contributed by atoms with Gasteiger partial charge in [-0.2, -0.15) is 13.2 Å². The number of pyridine rings is 1. The summed E-state index contributed by atoms with van der Waals surface area (Å²) in [6.45, 7) is 0.